The minimum absolute atomic E-state index is 0.0659. The average molecular weight is 326 g/mol. The van der Waals surface area contributed by atoms with Crippen LogP contribution in [0.1, 0.15) is 20.7 Å². The van der Waals surface area contributed by atoms with Crippen LogP contribution in [-0.2, 0) is 0 Å². The summed E-state index contributed by atoms with van der Waals surface area (Å²) in [5.74, 6) is -1.70. The molecule has 0 unspecified atom stereocenters. The number of anilines is 1. The summed E-state index contributed by atoms with van der Waals surface area (Å²) in [4.78, 5) is 27.3. The van der Waals surface area contributed by atoms with E-state index in [-0.39, 0.29) is 11.1 Å². The molecule has 7 nitrogen and oxygen atoms in total. The van der Waals surface area contributed by atoms with Crippen molar-refractivity contribution in [2.75, 3.05) is 5.32 Å². The van der Waals surface area contributed by atoms with E-state index in [1.807, 2.05) is 0 Å². The minimum Gasteiger partial charge on any atom is -0.478 e. The van der Waals surface area contributed by atoms with Gasteiger partial charge in [-0.05, 0) is 24.3 Å². The number of aromatic nitrogens is 3. The van der Waals surface area contributed by atoms with Crippen LogP contribution in [0, 0.1) is 0 Å². The van der Waals surface area contributed by atoms with Crippen LogP contribution in [-0.4, -0.2) is 32.2 Å². The number of carboxylic acids is 1. The number of carbonyl (C=O) groups is 2. The van der Waals surface area contributed by atoms with Gasteiger partial charge in [-0.3, -0.25) is 15.1 Å². The number of nitrogens with one attached hydrogen (secondary N) is 1. The molecule has 0 radical (unpaired) electrons. The summed E-state index contributed by atoms with van der Waals surface area (Å²) in [7, 11) is 0. The second kappa shape index (κ2) is 6.32. The zero-order valence-corrected chi connectivity index (χ0v) is 12.4. The Balaban J connectivity index is 1.82. The lowest BCUT2D eigenvalue weighted by Crippen LogP contribution is -2.16. The fourth-order valence-electron chi connectivity index (χ4n) is 1.92. The van der Waals surface area contributed by atoms with E-state index in [1.165, 1.54) is 23.5 Å². The summed E-state index contributed by atoms with van der Waals surface area (Å²) >= 11 is 1.19. The molecular formula is C15H10N4O3S. The van der Waals surface area contributed by atoms with Crippen LogP contribution in [0.5, 0.6) is 0 Å². The SMILES string of the molecule is O=C(O)c1ccccc1C(=O)Nc1nnc(-c2ccncc2)s1. The maximum Gasteiger partial charge on any atom is 0.336 e. The van der Waals surface area contributed by atoms with E-state index in [4.69, 9.17) is 5.11 Å². The Morgan fingerprint density at radius 3 is 2.39 bits per heavy atom. The molecule has 0 aliphatic carbocycles. The number of hydrogen-bond acceptors (Lipinski definition) is 6. The van der Waals surface area contributed by atoms with Gasteiger partial charge in [-0.25, -0.2) is 4.79 Å². The van der Waals surface area contributed by atoms with Crippen LogP contribution in [0.2, 0.25) is 0 Å². The summed E-state index contributed by atoms with van der Waals surface area (Å²) in [5.41, 5.74) is 0.841. The van der Waals surface area contributed by atoms with Gasteiger partial charge in [-0.1, -0.05) is 23.5 Å². The number of rotatable bonds is 4. The first-order valence-corrected chi connectivity index (χ1v) is 7.34. The van der Waals surface area contributed by atoms with Crippen molar-refractivity contribution in [1.82, 2.24) is 15.2 Å². The standard InChI is InChI=1S/C15H10N4O3S/c20-12(10-3-1-2-4-11(10)14(21)22)17-15-19-18-13(23-15)9-5-7-16-8-6-9/h1-8H,(H,21,22)(H,17,19,20). The van der Waals surface area contributed by atoms with Gasteiger partial charge < -0.3 is 5.11 Å². The summed E-state index contributed by atoms with van der Waals surface area (Å²) in [5, 5.41) is 20.5. The highest BCUT2D eigenvalue weighted by Crippen LogP contribution is 2.26. The van der Waals surface area contributed by atoms with Gasteiger partial charge in [-0.15, -0.1) is 10.2 Å². The van der Waals surface area contributed by atoms with Crippen molar-refractivity contribution in [3.05, 3.63) is 59.9 Å². The van der Waals surface area contributed by atoms with Gasteiger partial charge in [0.15, 0.2) is 0 Å². The molecule has 2 N–H and O–H groups in total. The van der Waals surface area contributed by atoms with Crippen LogP contribution in [0.3, 0.4) is 0 Å². The maximum absolute atomic E-state index is 12.2. The van der Waals surface area contributed by atoms with E-state index in [0.29, 0.717) is 10.1 Å². The highest BCUT2D eigenvalue weighted by molar-refractivity contribution is 7.18. The van der Waals surface area contributed by atoms with Crippen molar-refractivity contribution in [2.45, 2.75) is 0 Å². The highest BCUT2D eigenvalue weighted by Gasteiger charge is 2.17. The van der Waals surface area contributed by atoms with E-state index in [2.05, 4.69) is 20.5 Å². The van der Waals surface area contributed by atoms with Gasteiger partial charge in [0.05, 0.1) is 11.1 Å². The Morgan fingerprint density at radius 2 is 1.70 bits per heavy atom. The predicted octanol–water partition coefficient (Wildman–Crippen LogP) is 2.55. The molecule has 114 valence electrons. The molecule has 0 atom stereocenters. The van der Waals surface area contributed by atoms with Gasteiger partial charge in [0.1, 0.15) is 5.01 Å². The molecule has 23 heavy (non-hydrogen) atoms. The molecular weight excluding hydrogens is 316 g/mol. The van der Waals surface area contributed by atoms with Gasteiger partial charge in [0.2, 0.25) is 5.13 Å². The normalized spacial score (nSPS) is 10.3. The quantitative estimate of drug-likeness (QED) is 0.763. The van der Waals surface area contributed by atoms with E-state index in [1.54, 1.807) is 36.7 Å². The number of nitrogens with zero attached hydrogens (tertiary/aromatic N) is 3. The zero-order valence-electron chi connectivity index (χ0n) is 11.6. The molecule has 1 aromatic carbocycles. The first-order chi connectivity index (χ1) is 11.1. The Morgan fingerprint density at radius 1 is 1.00 bits per heavy atom. The summed E-state index contributed by atoms with van der Waals surface area (Å²) < 4.78 is 0. The Bertz CT molecular complexity index is 864. The molecule has 2 aromatic heterocycles. The third kappa shape index (κ3) is 3.22. The van der Waals surface area contributed by atoms with Gasteiger partial charge in [0.25, 0.3) is 5.91 Å². The molecule has 0 spiro atoms. The van der Waals surface area contributed by atoms with Gasteiger partial charge in [-0.2, -0.15) is 0 Å². The molecule has 2 heterocycles. The van der Waals surface area contributed by atoms with Crippen molar-refractivity contribution in [2.24, 2.45) is 0 Å². The molecule has 3 rings (SSSR count). The number of amides is 1. The third-order valence-electron chi connectivity index (χ3n) is 2.97. The summed E-state index contributed by atoms with van der Waals surface area (Å²) in [6.07, 6.45) is 3.27. The predicted molar refractivity (Wildman–Crippen MR) is 84.5 cm³/mol. The third-order valence-corrected chi connectivity index (χ3v) is 3.86. The fraction of sp³-hybridized carbons (Fsp3) is 0. The first-order valence-electron chi connectivity index (χ1n) is 6.53. The Kier molecular flexibility index (Phi) is 4.07. The maximum atomic E-state index is 12.2. The van der Waals surface area contributed by atoms with Crippen LogP contribution >= 0.6 is 11.3 Å². The monoisotopic (exact) mass is 326 g/mol. The number of pyridine rings is 1. The van der Waals surface area contributed by atoms with Crippen LogP contribution in [0.4, 0.5) is 5.13 Å². The average Bonchev–Trinajstić information content (AvgIpc) is 3.04. The molecule has 0 saturated carbocycles. The summed E-state index contributed by atoms with van der Waals surface area (Å²) in [6, 6.07) is 9.55. The lowest BCUT2D eigenvalue weighted by atomic mass is 10.1. The number of aromatic carboxylic acids is 1. The number of hydrogen-bond donors (Lipinski definition) is 2. The van der Waals surface area contributed by atoms with Crippen molar-refractivity contribution in [1.29, 1.82) is 0 Å². The molecule has 0 fully saturated rings. The van der Waals surface area contributed by atoms with Crippen LogP contribution in [0.15, 0.2) is 48.8 Å². The number of benzene rings is 1. The molecule has 8 heteroatoms. The molecule has 1 amide bonds. The smallest absolute Gasteiger partial charge is 0.336 e. The summed E-state index contributed by atoms with van der Waals surface area (Å²) in [6.45, 7) is 0. The van der Waals surface area contributed by atoms with Gasteiger partial charge in [0, 0.05) is 18.0 Å². The lowest BCUT2D eigenvalue weighted by Gasteiger charge is -2.04. The van der Waals surface area contributed by atoms with Gasteiger partial charge >= 0.3 is 5.97 Å². The molecule has 0 aliphatic rings. The van der Waals surface area contributed by atoms with Crippen molar-refractivity contribution in [3.8, 4) is 10.6 Å². The van der Waals surface area contributed by atoms with E-state index in [9.17, 15) is 9.59 Å². The van der Waals surface area contributed by atoms with E-state index < -0.39 is 11.9 Å². The Hall–Kier alpha value is -3.13. The highest BCUT2D eigenvalue weighted by atomic mass is 32.1. The number of carbonyl (C=O) groups excluding carboxylic acids is 1. The van der Waals surface area contributed by atoms with Crippen molar-refractivity contribution in [3.63, 3.8) is 0 Å². The molecule has 0 bridgehead atoms. The largest absolute Gasteiger partial charge is 0.478 e. The first kappa shape index (κ1) is 14.8. The van der Waals surface area contributed by atoms with Crippen molar-refractivity contribution >= 4 is 28.3 Å². The zero-order chi connectivity index (χ0) is 16.2. The second-order valence-electron chi connectivity index (χ2n) is 4.45. The topological polar surface area (TPSA) is 105 Å². The number of carboxylic acid groups (broad SMARTS) is 1. The lowest BCUT2D eigenvalue weighted by molar-refractivity contribution is 0.0692. The second-order valence-corrected chi connectivity index (χ2v) is 5.43. The molecule has 3 aromatic rings. The van der Waals surface area contributed by atoms with E-state index in [0.717, 1.165) is 5.56 Å². The molecule has 0 saturated heterocycles. The van der Waals surface area contributed by atoms with Crippen LogP contribution < -0.4 is 5.32 Å². The van der Waals surface area contributed by atoms with Crippen molar-refractivity contribution < 1.29 is 14.7 Å². The fourth-order valence-corrected chi connectivity index (χ4v) is 2.66. The van der Waals surface area contributed by atoms with E-state index >= 15 is 0 Å². The van der Waals surface area contributed by atoms with Crippen LogP contribution in [0.25, 0.3) is 10.6 Å². The minimum atomic E-state index is -1.16. The molecule has 0 aliphatic heterocycles. The Labute approximate surface area is 134 Å².